The Labute approximate surface area is 98.5 Å². The maximum absolute atomic E-state index is 11.8. The summed E-state index contributed by atoms with van der Waals surface area (Å²) in [6.45, 7) is 0.604. The lowest BCUT2D eigenvalue weighted by molar-refractivity contribution is -0.385. The Bertz CT molecular complexity index is 438. The van der Waals surface area contributed by atoms with Crippen LogP contribution in [0.4, 0.5) is 5.69 Å². The topological polar surface area (TPSA) is 69.4 Å². The van der Waals surface area contributed by atoms with Crippen molar-refractivity contribution < 1.29 is 14.5 Å². The first-order valence-corrected chi connectivity index (χ1v) is 5.55. The maximum Gasteiger partial charge on any atom is 0.273 e. The number of carbonyl (C=O) groups excluding carboxylic acids is 1. The molecule has 0 aromatic heterocycles. The van der Waals surface area contributed by atoms with E-state index in [-0.39, 0.29) is 24.0 Å². The van der Waals surface area contributed by atoms with E-state index in [9.17, 15) is 14.9 Å². The third-order valence-corrected chi connectivity index (χ3v) is 2.84. The van der Waals surface area contributed by atoms with E-state index in [4.69, 9.17) is 4.74 Å². The van der Waals surface area contributed by atoms with Gasteiger partial charge in [-0.3, -0.25) is 14.9 Å². The second kappa shape index (κ2) is 5.05. The van der Waals surface area contributed by atoms with E-state index in [1.54, 1.807) is 18.2 Å². The molecule has 0 N–H and O–H groups in total. The highest BCUT2D eigenvalue weighted by Gasteiger charge is 2.25. The van der Waals surface area contributed by atoms with Crippen molar-refractivity contribution in [1.29, 1.82) is 0 Å². The van der Waals surface area contributed by atoms with Crippen LogP contribution < -0.4 is 0 Å². The fourth-order valence-electron chi connectivity index (χ4n) is 1.97. The number of benzene rings is 1. The number of para-hydroxylation sites is 1. The molecule has 2 rings (SSSR count). The SMILES string of the molecule is O=C(Cc1ccccc1[N+](=O)[O-])C1CCCO1. The fraction of sp³-hybridized carbons (Fsp3) is 0.417. The molecule has 90 valence electrons. The molecule has 0 bridgehead atoms. The molecule has 0 spiro atoms. The first kappa shape index (κ1) is 11.7. The summed E-state index contributed by atoms with van der Waals surface area (Å²) < 4.78 is 5.27. The Morgan fingerprint density at radius 3 is 2.88 bits per heavy atom. The molecular formula is C12H13NO4. The van der Waals surface area contributed by atoms with Gasteiger partial charge in [-0.15, -0.1) is 0 Å². The van der Waals surface area contributed by atoms with Crippen molar-refractivity contribution in [1.82, 2.24) is 0 Å². The molecule has 1 heterocycles. The van der Waals surface area contributed by atoms with Gasteiger partial charge < -0.3 is 4.74 Å². The van der Waals surface area contributed by atoms with E-state index in [0.29, 0.717) is 12.2 Å². The predicted molar refractivity (Wildman–Crippen MR) is 60.8 cm³/mol. The third-order valence-electron chi connectivity index (χ3n) is 2.84. The number of hydrogen-bond donors (Lipinski definition) is 0. The summed E-state index contributed by atoms with van der Waals surface area (Å²) >= 11 is 0. The number of nitro groups is 1. The third kappa shape index (κ3) is 2.68. The number of nitrogens with zero attached hydrogens (tertiary/aromatic N) is 1. The van der Waals surface area contributed by atoms with Crippen LogP contribution >= 0.6 is 0 Å². The Hall–Kier alpha value is -1.75. The normalized spacial score (nSPS) is 19.2. The summed E-state index contributed by atoms with van der Waals surface area (Å²) in [6.07, 6.45) is 1.30. The first-order chi connectivity index (χ1) is 8.18. The number of nitro benzene ring substituents is 1. The second-order valence-electron chi connectivity index (χ2n) is 4.03. The van der Waals surface area contributed by atoms with Gasteiger partial charge >= 0.3 is 0 Å². The molecule has 0 aliphatic carbocycles. The van der Waals surface area contributed by atoms with Gasteiger partial charge in [-0.05, 0) is 12.8 Å². The number of hydrogen-bond acceptors (Lipinski definition) is 4. The first-order valence-electron chi connectivity index (χ1n) is 5.55. The summed E-state index contributed by atoms with van der Waals surface area (Å²) in [5, 5.41) is 10.8. The Kier molecular flexibility index (Phi) is 3.49. The van der Waals surface area contributed by atoms with Crippen LogP contribution in [0.15, 0.2) is 24.3 Å². The smallest absolute Gasteiger partial charge is 0.273 e. The Morgan fingerprint density at radius 1 is 1.47 bits per heavy atom. The Balaban J connectivity index is 2.12. The molecule has 5 heteroatoms. The molecular weight excluding hydrogens is 222 g/mol. The molecule has 1 aromatic carbocycles. The van der Waals surface area contributed by atoms with E-state index in [0.717, 1.165) is 12.8 Å². The van der Waals surface area contributed by atoms with Gasteiger partial charge in [0.25, 0.3) is 5.69 Å². The van der Waals surface area contributed by atoms with Crippen molar-refractivity contribution in [3.63, 3.8) is 0 Å². The van der Waals surface area contributed by atoms with Gasteiger partial charge in [-0.1, -0.05) is 18.2 Å². The zero-order chi connectivity index (χ0) is 12.3. The minimum atomic E-state index is -0.460. The van der Waals surface area contributed by atoms with Gasteiger partial charge in [0, 0.05) is 24.7 Å². The maximum atomic E-state index is 11.8. The molecule has 1 atom stereocenters. The second-order valence-corrected chi connectivity index (χ2v) is 4.03. The minimum absolute atomic E-state index is 0.00107. The van der Waals surface area contributed by atoms with Crippen LogP contribution in [-0.4, -0.2) is 23.4 Å². The summed E-state index contributed by atoms with van der Waals surface area (Å²) in [4.78, 5) is 22.2. The highest BCUT2D eigenvalue weighted by Crippen LogP contribution is 2.21. The van der Waals surface area contributed by atoms with Gasteiger partial charge in [-0.25, -0.2) is 0 Å². The summed E-state index contributed by atoms with van der Waals surface area (Å²) in [5.41, 5.74) is 0.455. The standard InChI is InChI=1S/C12H13NO4/c14-11(12-6-3-7-17-12)8-9-4-1-2-5-10(9)13(15)16/h1-2,4-5,12H,3,6-8H2. The minimum Gasteiger partial charge on any atom is -0.370 e. The molecule has 1 saturated heterocycles. The average molecular weight is 235 g/mol. The van der Waals surface area contributed by atoms with Crippen LogP contribution in [0.2, 0.25) is 0 Å². The van der Waals surface area contributed by atoms with Crippen LogP contribution in [0, 0.1) is 10.1 Å². The van der Waals surface area contributed by atoms with Crippen molar-refractivity contribution in [3.05, 3.63) is 39.9 Å². The van der Waals surface area contributed by atoms with Gasteiger partial charge in [0.15, 0.2) is 5.78 Å². The monoisotopic (exact) mass is 235 g/mol. The molecule has 17 heavy (non-hydrogen) atoms. The number of ketones is 1. The van der Waals surface area contributed by atoms with Crippen LogP contribution in [-0.2, 0) is 16.0 Å². The Morgan fingerprint density at radius 2 is 2.24 bits per heavy atom. The molecule has 1 aromatic rings. The van der Waals surface area contributed by atoms with Gasteiger partial charge in [0.05, 0.1) is 4.92 Å². The van der Waals surface area contributed by atoms with Crippen LogP contribution in [0.3, 0.4) is 0 Å². The summed E-state index contributed by atoms with van der Waals surface area (Å²) in [5.74, 6) is -0.0724. The lowest BCUT2D eigenvalue weighted by atomic mass is 10.0. The van der Waals surface area contributed by atoms with E-state index < -0.39 is 4.92 Å². The highest BCUT2D eigenvalue weighted by atomic mass is 16.6. The summed E-state index contributed by atoms with van der Waals surface area (Å²) in [6, 6.07) is 6.33. The van der Waals surface area contributed by atoms with Crippen molar-refractivity contribution in [2.75, 3.05) is 6.61 Å². The van der Waals surface area contributed by atoms with Gasteiger partial charge in [-0.2, -0.15) is 0 Å². The summed E-state index contributed by atoms with van der Waals surface area (Å²) in [7, 11) is 0. The number of carbonyl (C=O) groups is 1. The number of Topliss-reactive ketones (excluding diaryl/α,β-unsaturated/α-hetero) is 1. The van der Waals surface area contributed by atoms with Crippen molar-refractivity contribution in [2.45, 2.75) is 25.4 Å². The fourth-order valence-corrected chi connectivity index (χ4v) is 1.97. The van der Waals surface area contributed by atoms with E-state index >= 15 is 0 Å². The number of ether oxygens (including phenoxy) is 1. The van der Waals surface area contributed by atoms with Crippen LogP contribution in [0.5, 0.6) is 0 Å². The van der Waals surface area contributed by atoms with Crippen LogP contribution in [0.25, 0.3) is 0 Å². The molecule has 0 saturated carbocycles. The van der Waals surface area contributed by atoms with E-state index in [2.05, 4.69) is 0 Å². The molecule has 1 aliphatic rings. The molecule has 1 fully saturated rings. The largest absolute Gasteiger partial charge is 0.370 e. The van der Waals surface area contributed by atoms with Crippen molar-refractivity contribution in [3.8, 4) is 0 Å². The lowest BCUT2D eigenvalue weighted by Gasteiger charge is -2.08. The predicted octanol–water partition coefficient (Wildman–Crippen LogP) is 1.89. The van der Waals surface area contributed by atoms with Crippen molar-refractivity contribution in [2.24, 2.45) is 0 Å². The van der Waals surface area contributed by atoms with E-state index in [1.165, 1.54) is 6.07 Å². The molecule has 0 radical (unpaired) electrons. The van der Waals surface area contributed by atoms with Gasteiger partial charge in [0.1, 0.15) is 6.10 Å². The molecule has 5 nitrogen and oxygen atoms in total. The number of rotatable bonds is 4. The molecule has 0 amide bonds. The molecule has 1 unspecified atom stereocenters. The quantitative estimate of drug-likeness (QED) is 0.590. The van der Waals surface area contributed by atoms with Crippen molar-refractivity contribution >= 4 is 11.5 Å². The molecule has 1 aliphatic heterocycles. The van der Waals surface area contributed by atoms with E-state index in [1.807, 2.05) is 0 Å². The zero-order valence-corrected chi connectivity index (χ0v) is 9.30. The highest BCUT2D eigenvalue weighted by molar-refractivity contribution is 5.86. The van der Waals surface area contributed by atoms with Gasteiger partial charge in [0.2, 0.25) is 0 Å². The van der Waals surface area contributed by atoms with Crippen LogP contribution in [0.1, 0.15) is 18.4 Å². The zero-order valence-electron chi connectivity index (χ0n) is 9.30. The lowest BCUT2D eigenvalue weighted by Crippen LogP contribution is -2.21. The average Bonchev–Trinajstić information content (AvgIpc) is 2.83.